The van der Waals surface area contributed by atoms with Crippen molar-refractivity contribution >= 4 is 11.4 Å². The molecule has 0 spiro atoms. The summed E-state index contributed by atoms with van der Waals surface area (Å²) in [5.41, 5.74) is 1.65. The van der Waals surface area contributed by atoms with Crippen molar-refractivity contribution in [2.24, 2.45) is 0 Å². The predicted octanol–water partition coefficient (Wildman–Crippen LogP) is 2.58. The lowest BCUT2D eigenvalue weighted by Crippen LogP contribution is -2.19. The van der Waals surface area contributed by atoms with Crippen LogP contribution in [-0.4, -0.2) is 37.5 Å². The van der Waals surface area contributed by atoms with Crippen LogP contribution in [0.4, 0.5) is 0 Å². The van der Waals surface area contributed by atoms with Crippen LogP contribution < -0.4 is 0 Å². The molecular formula is C15H21NO2. The molecule has 1 aromatic carbocycles. The normalized spacial score (nSPS) is 11.4. The molecule has 1 aromatic rings. The van der Waals surface area contributed by atoms with E-state index in [1.807, 2.05) is 36.5 Å². The summed E-state index contributed by atoms with van der Waals surface area (Å²) in [6, 6.07) is 9.71. The molecule has 3 heteroatoms. The number of benzene rings is 1. The van der Waals surface area contributed by atoms with Gasteiger partial charge in [0.05, 0.1) is 0 Å². The highest BCUT2D eigenvalue weighted by atomic mass is 16.5. The maximum atomic E-state index is 12.1. The summed E-state index contributed by atoms with van der Waals surface area (Å²) in [6.07, 6.45) is 1.93. The van der Waals surface area contributed by atoms with E-state index >= 15 is 0 Å². The third-order valence-electron chi connectivity index (χ3n) is 2.78. The summed E-state index contributed by atoms with van der Waals surface area (Å²) in [7, 11) is 1.54. The van der Waals surface area contributed by atoms with Gasteiger partial charge in [-0.2, -0.15) is 0 Å². The van der Waals surface area contributed by atoms with Gasteiger partial charge in [0.15, 0.2) is 5.78 Å². The number of ether oxygens (including phenoxy) is 1. The van der Waals surface area contributed by atoms with E-state index in [4.69, 9.17) is 4.74 Å². The zero-order valence-corrected chi connectivity index (χ0v) is 11.3. The Bertz CT molecular complexity index is 394. The first-order chi connectivity index (χ1) is 8.72. The first-order valence-corrected chi connectivity index (χ1v) is 6.26. The van der Waals surface area contributed by atoms with Crippen LogP contribution >= 0.6 is 0 Å². The zero-order valence-electron chi connectivity index (χ0n) is 11.3. The molecule has 0 fully saturated rings. The van der Waals surface area contributed by atoms with Crippen molar-refractivity contribution in [1.82, 2.24) is 4.90 Å². The third kappa shape index (κ3) is 4.00. The van der Waals surface area contributed by atoms with Crippen molar-refractivity contribution < 1.29 is 9.53 Å². The van der Waals surface area contributed by atoms with Crippen LogP contribution in [0.25, 0.3) is 5.57 Å². The van der Waals surface area contributed by atoms with Gasteiger partial charge in [0.25, 0.3) is 0 Å². The molecule has 98 valence electrons. The first kappa shape index (κ1) is 14.5. The van der Waals surface area contributed by atoms with E-state index in [1.54, 1.807) is 0 Å². The fourth-order valence-corrected chi connectivity index (χ4v) is 1.72. The van der Waals surface area contributed by atoms with Crippen molar-refractivity contribution in [3.63, 3.8) is 0 Å². The second kappa shape index (κ2) is 7.67. The molecule has 0 unspecified atom stereocenters. The number of rotatable bonds is 7. The van der Waals surface area contributed by atoms with E-state index in [0.717, 1.165) is 18.7 Å². The van der Waals surface area contributed by atoms with Crippen LogP contribution in [0.15, 0.2) is 36.5 Å². The summed E-state index contributed by atoms with van der Waals surface area (Å²) >= 11 is 0. The summed E-state index contributed by atoms with van der Waals surface area (Å²) in [5, 5.41) is 0. The fraction of sp³-hybridized carbons (Fsp3) is 0.400. The van der Waals surface area contributed by atoms with Crippen molar-refractivity contribution in [3.05, 3.63) is 42.1 Å². The van der Waals surface area contributed by atoms with Gasteiger partial charge in [-0.1, -0.05) is 30.3 Å². The third-order valence-corrected chi connectivity index (χ3v) is 2.78. The Morgan fingerprint density at radius 3 is 2.33 bits per heavy atom. The van der Waals surface area contributed by atoms with E-state index in [9.17, 15) is 4.79 Å². The van der Waals surface area contributed by atoms with Crippen LogP contribution in [0.3, 0.4) is 0 Å². The molecule has 0 aliphatic rings. The topological polar surface area (TPSA) is 29.5 Å². The molecule has 0 amide bonds. The minimum Gasteiger partial charge on any atom is -0.377 e. The van der Waals surface area contributed by atoms with E-state index in [2.05, 4.69) is 18.7 Å². The Labute approximate surface area is 109 Å². The van der Waals surface area contributed by atoms with Crippen LogP contribution in [0.5, 0.6) is 0 Å². The van der Waals surface area contributed by atoms with Gasteiger partial charge in [-0.15, -0.1) is 0 Å². The van der Waals surface area contributed by atoms with Crippen molar-refractivity contribution in [2.45, 2.75) is 13.8 Å². The molecule has 18 heavy (non-hydrogen) atoms. The number of methoxy groups -OCH3 is 1. The second-order valence-corrected chi connectivity index (χ2v) is 3.99. The number of hydrogen-bond acceptors (Lipinski definition) is 3. The highest BCUT2D eigenvalue weighted by Crippen LogP contribution is 2.16. The molecule has 3 nitrogen and oxygen atoms in total. The van der Waals surface area contributed by atoms with Crippen LogP contribution in [0.1, 0.15) is 19.4 Å². The summed E-state index contributed by atoms with van der Waals surface area (Å²) in [5.74, 6) is 0.00981. The maximum absolute atomic E-state index is 12.1. The van der Waals surface area contributed by atoms with Gasteiger partial charge in [-0.3, -0.25) is 4.79 Å². The molecule has 0 bridgehead atoms. The van der Waals surface area contributed by atoms with E-state index in [0.29, 0.717) is 5.57 Å². The molecule has 0 aliphatic heterocycles. The second-order valence-electron chi connectivity index (χ2n) is 3.99. The molecule has 0 N–H and O–H groups in total. The fourth-order valence-electron chi connectivity index (χ4n) is 1.72. The SMILES string of the molecule is CCN(/C=C(\C(=O)COC)c1ccccc1)CC. The molecule has 0 heterocycles. The zero-order chi connectivity index (χ0) is 13.4. The van der Waals surface area contributed by atoms with Gasteiger partial charge < -0.3 is 9.64 Å². The molecule has 0 atom stereocenters. The summed E-state index contributed by atoms with van der Waals surface area (Å²) in [6.45, 7) is 6.02. The van der Waals surface area contributed by atoms with Gasteiger partial charge in [0.1, 0.15) is 6.61 Å². The summed E-state index contributed by atoms with van der Waals surface area (Å²) in [4.78, 5) is 14.2. The van der Waals surface area contributed by atoms with Gasteiger partial charge in [-0.25, -0.2) is 0 Å². The average molecular weight is 247 g/mol. The van der Waals surface area contributed by atoms with Gasteiger partial charge >= 0.3 is 0 Å². The van der Waals surface area contributed by atoms with E-state index in [-0.39, 0.29) is 12.4 Å². The predicted molar refractivity (Wildman–Crippen MR) is 74.2 cm³/mol. The van der Waals surface area contributed by atoms with Crippen LogP contribution in [0, 0.1) is 0 Å². The number of carbonyl (C=O) groups excluding carboxylic acids is 1. The van der Waals surface area contributed by atoms with Crippen molar-refractivity contribution in [1.29, 1.82) is 0 Å². The summed E-state index contributed by atoms with van der Waals surface area (Å²) < 4.78 is 4.95. The largest absolute Gasteiger partial charge is 0.377 e. The lowest BCUT2D eigenvalue weighted by atomic mass is 10.0. The highest BCUT2D eigenvalue weighted by Gasteiger charge is 2.12. The number of carbonyl (C=O) groups is 1. The van der Waals surface area contributed by atoms with Crippen molar-refractivity contribution in [3.8, 4) is 0 Å². The molecule has 1 rings (SSSR count). The smallest absolute Gasteiger partial charge is 0.190 e. The van der Waals surface area contributed by atoms with Gasteiger partial charge in [0.2, 0.25) is 0 Å². The quantitative estimate of drug-likeness (QED) is 0.694. The molecule has 0 saturated heterocycles. The highest BCUT2D eigenvalue weighted by molar-refractivity contribution is 6.21. The molecule has 0 aliphatic carbocycles. The lowest BCUT2D eigenvalue weighted by Gasteiger charge is -2.18. The number of ketones is 1. The van der Waals surface area contributed by atoms with Crippen molar-refractivity contribution in [2.75, 3.05) is 26.8 Å². The van der Waals surface area contributed by atoms with Gasteiger partial charge in [-0.05, 0) is 19.4 Å². The molecule has 0 saturated carbocycles. The maximum Gasteiger partial charge on any atom is 0.190 e. The molecular weight excluding hydrogens is 226 g/mol. The number of hydrogen-bond donors (Lipinski definition) is 0. The Balaban J connectivity index is 3.06. The number of nitrogens with zero attached hydrogens (tertiary/aromatic N) is 1. The minimum atomic E-state index is 0.00981. The minimum absolute atomic E-state index is 0.00981. The Kier molecular flexibility index (Phi) is 6.15. The van der Waals surface area contributed by atoms with E-state index in [1.165, 1.54) is 7.11 Å². The average Bonchev–Trinajstić information content (AvgIpc) is 2.41. The Morgan fingerprint density at radius 2 is 1.83 bits per heavy atom. The monoisotopic (exact) mass is 247 g/mol. The van der Waals surface area contributed by atoms with E-state index < -0.39 is 0 Å². The number of Topliss-reactive ketones (excluding diaryl/α,β-unsaturated/α-hetero) is 1. The lowest BCUT2D eigenvalue weighted by molar-refractivity contribution is -0.117. The van der Waals surface area contributed by atoms with Gasteiger partial charge in [0, 0.05) is 32.0 Å². The molecule has 0 radical (unpaired) electrons. The standard InChI is InChI=1S/C15H21NO2/c1-4-16(5-2)11-14(15(17)12-18-3)13-9-7-6-8-10-13/h6-11H,4-5,12H2,1-3H3/b14-11-. The Morgan fingerprint density at radius 1 is 1.22 bits per heavy atom. The van der Waals surface area contributed by atoms with Crippen LogP contribution in [0.2, 0.25) is 0 Å². The molecule has 0 aromatic heterocycles. The first-order valence-electron chi connectivity index (χ1n) is 6.26. The van der Waals surface area contributed by atoms with Crippen LogP contribution in [-0.2, 0) is 9.53 Å². The Hall–Kier alpha value is -1.61.